The second-order valence-electron chi connectivity index (χ2n) is 3.09. The number of amides is 1. The first-order valence-electron chi connectivity index (χ1n) is 3.77. The third-order valence-corrected chi connectivity index (χ3v) is 2.07. The molecule has 2 unspecified atom stereocenters. The summed E-state index contributed by atoms with van der Waals surface area (Å²) >= 11 is 0. The van der Waals surface area contributed by atoms with Gasteiger partial charge in [-0.15, -0.1) is 0 Å². The maximum Gasteiger partial charge on any atom is 0.315 e. The summed E-state index contributed by atoms with van der Waals surface area (Å²) in [6.07, 6.45) is -3.62. The lowest BCUT2D eigenvalue weighted by molar-refractivity contribution is -0.142. The van der Waals surface area contributed by atoms with E-state index in [1.54, 1.807) is 6.92 Å². The van der Waals surface area contributed by atoms with Crippen LogP contribution in [0.3, 0.4) is 0 Å². The van der Waals surface area contributed by atoms with E-state index < -0.39 is 18.4 Å². The molecule has 3 nitrogen and oxygen atoms in total. The fourth-order valence-corrected chi connectivity index (χ4v) is 1.27. The number of aliphatic hydroxyl groups is 1. The van der Waals surface area contributed by atoms with E-state index in [1.807, 2.05) is 0 Å². The molecule has 1 rings (SSSR count). The monoisotopic (exact) mass is 179 g/mol. The van der Waals surface area contributed by atoms with E-state index in [0.717, 1.165) is 4.90 Å². The Kier molecular flexibility index (Phi) is 2.62. The van der Waals surface area contributed by atoms with Crippen LogP contribution in [0.25, 0.3) is 0 Å². The highest BCUT2D eigenvalue weighted by atomic mass is 19.3. The van der Waals surface area contributed by atoms with Gasteiger partial charge in [-0.05, 0) is 0 Å². The smallest absolute Gasteiger partial charge is 0.315 e. The van der Waals surface area contributed by atoms with Gasteiger partial charge >= 0.3 is 6.43 Å². The van der Waals surface area contributed by atoms with Crippen LogP contribution in [-0.2, 0) is 4.79 Å². The van der Waals surface area contributed by atoms with Gasteiger partial charge < -0.3 is 10.0 Å². The molecule has 1 fully saturated rings. The minimum atomic E-state index is -2.96. The third-order valence-electron chi connectivity index (χ3n) is 2.07. The summed E-state index contributed by atoms with van der Waals surface area (Å²) in [6.45, 7) is 1.98. The number of aliphatic hydroxyl groups excluding tert-OH is 1. The largest absolute Gasteiger partial charge is 0.391 e. The number of hydrogen-bond donors (Lipinski definition) is 1. The van der Waals surface area contributed by atoms with Gasteiger partial charge in [0, 0.05) is 19.0 Å². The molecule has 12 heavy (non-hydrogen) atoms. The van der Waals surface area contributed by atoms with Gasteiger partial charge in [-0.25, -0.2) is 0 Å². The normalized spacial score (nSPS) is 29.9. The van der Waals surface area contributed by atoms with Gasteiger partial charge in [0.15, 0.2) is 0 Å². The first-order chi connectivity index (χ1) is 5.52. The summed E-state index contributed by atoms with van der Waals surface area (Å²) < 4.78 is 23.7. The fourth-order valence-electron chi connectivity index (χ4n) is 1.27. The summed E-state index contributed by atoms with van der Waals surface area (Å²) in [6, 6.07) is 0. The number of rotatable bonds is 1. The number of hydrogen-bond acceptors (Lipinski definition) is 2. The Bertz CT molecular complexity index is 176. The molecule has 0 bridgehead atoms. The van der Waals surface area contributed by atoms with Crippen molar-refractivity contribution in [2.24, 2.45) is 5.92 Å². The highest BCUT2D eigenvalue weighted by molar-refractivity contribution is 5.79. The molecule has 0 aromatic carbocycles. The van der Waals surface area contributed by atoms with Crippen LogP contribution in [0.5, 0.6) is 0 Å². The lowest BCUT2D eigenvalue weighted by atomic mass is 10.1. The SMILES string of the molecule is CC1CN(C(=O)C(F)F)CC1O. The van der Waals surface area contributed by atoms with Crippen LogP contribution in [0.2, 0.25) is 0 Å². The maximum absolute atomic E-state index is 11.9. The van der Waals surface area contributed by atoms with E-state index in [0.29, 0.717) is 0 Å². The number of halogens is 2. The van der Waals surface area contributed by atoms with Gasteiger partial charge in [0.25, 0.3) is 5.91 Å². The van der Waals surface area contributed by atoms with Crippen molar-refractivity contribution in [1.82, 2.24) is 4.90 Å². The molecule has 0 aromatic heterocycles. The second kappa shape index (κ2) is 3.35. The molecule has 1 aliphatic rings. The zero-order chi connectivity index (χ0) is 9.30. The van der Waals surface area contributed by atoms with Gasteiger partial charge in [-0.3, -0.25) is 4.79 Å². The molecule has 0 spiro atoms. The minimum absolute atomic E-state index is 0.0321. The zero-order valence-corrected chi connectivity index (χ0v) is 6.70. The number of nitrogens with zero attached hydrogens (tertiary/aromatic N) is 1. The molecule has 0 radical (unpaired) electrons. The highest BCUT2D eigenvalue weighted by Crippen LogP contribution is 2.17. The van der Waals surface area contributed by atoms with E-state index in [2.05, 4.69) is 0 Å². The van der Waals surface area contributed by atoms with Crippen LogP contribution in [0, 0.1) is 5.92 Å². The summed E-state index contributed by atoms with van der Waals surface area (Å²) in [5.74, 6) is -1.29. The predicted molar refractivity (Wildman–Crippen MR) is 37.8 cm³/mol. The molecule has 5 heteroatoms. The van der Waals surface area contributed by atoms with Crippen molar-refractivity contribution >= 4 is 5.91 Å². The van der Waals surface area contributed by atoms with Crippen LogP contribution in [0.4, 0.5) is 8.78 Å². The molecule has 1 aliphatic heterocycles. The molecule has 2 atom stereocenters. The van der Waals surface area contributed by atoms with Crippen molar-refractivity contribution < 1.29 is 18.7 Å². The number of carbonyl (C=O) groups is 1. The van der Waals surface area contributed by atoms with Crippen LogP contribution in [-0.4, -0.2) is 41.5 Å². The highest BCUT2D eigenvalue weighted by Gasteiger charge is 2.34. The van der Waals surface area contributed by atoms with E-state index in [1.165, 1.54) is 0 Å². The quantitative estimate of drug-likeness (QED) is 0.619. The molecule has 0 aliphatic carbocycles. The molecule has 0 saturated carbocycles. The number of carbonyl (C=O) groups excluding carboxylic acids is 1. The zero-order valence-electron chi connectivity index (χ0n) is 6.70. The van der Waals surface area contributed by atoms with Gasteiger partial charge in [-0.1, -0.05) is 6.92 Å². The molecule has 0 aromatic rings. The molecule has 70 valence electrons. The summed E-state index contributed by atoms with van der Waals surface area (Å²) in [5, 5.41) is 9.16. The molecular weight excluding hydrogens is 168 g/mol. The fraction of sp³-hybridized carbons (Fsp3) is 0.857. The summed E-state index contributed by atoms with van der Waals surface area (Å²) in [4.78, 5) is 11.7. The van der Waals surface area contributed by atoms with Gasteiger partial charge in [0.05, 0.1) is 6.10 Å². The Hall–Kier alpha value is -0.710. The van der Waals surface area contributed by atoms with Crippen molar-refractivity contribution in [1.29, 1.82) is 0 Å². The van der Waals surface area contributed by atoms with Crippen molar-refractivity contribution in [3.63, 3.8) is 0 Å². The van der Waals surface area contributed by atoms with E-state index in [4.69, 9.17) is 5.11 Å². The number of β-amino-alcohol motifs (C(OH)–C–C–N with tert-alkyl or cyclic N) is 1. The lowest BCUT2D eigenvalue weighted by Crippen LogP contribution is -2.34. The molecule has 1 amide bonds. The van der Waals surface area contributed by atoms with Crippen molar-refractivity contribution in [2.75, 3.05) is 13.1 Å². The van der Waals surface area contributed by atoms with Crippen LogP contribution in [0.1, 0.15) is 6.92 Å². The van der Waals surface area contributed by atoms with E-state index >= 15 is 0 Å². The van der Waals surface area contributed by atoms with E-state index in [9.17, 15) is 13.6 Å². The maximum atomic E-state index is 11.9. The topological polar surface area (TPSA) is 40.5 Å². The average molecular weight is 179 g/mol. The molecule has 1 saturated heterocycles. The molecule has 1 heterocycles. The van der Waals surface area contributed by atoms with Crippen molar-refractivity contribution in [2.45, 2.75) is 19.5 Å². The third kappa shape index (κ3) is 1.72. The Morgan fingerprint density at radius 3 is 2.50 bits per heavy atom. The summed E-state index contributed by atoms with van der Waals surface area (Å²) in [7, 11) is 0. The van der Waals surface area contributed by atoms with Gasteiger partial charge in [0.1, 0.15) is 0 Å². The van der Waals surface area contributed by atoms with Gasteiger partial charge in [0.2, 0.25) is 0 Å². The van der Waals surface area contributed by atoms with Crippen LogP contribution >= 0.6 is 0 Å². The average Bonchev–Trinajstić information content (AvgIpc) is 2.30. The standard InChI is InChI=1S/C7H11F2NO2/c1-4-2-10(3-5(4)11)7(12)6(8)9/h4-6,11H,2-3H2,1H3. The van der Waals surface area contributed by atoms with Crippen LogP contribution in [0.15, 0.2) is 0 Å². The predicted octanol–water partition coefficient (Wildman–Crippen LogP) is 0.0907. The Labute approximate surface area is 69.0 Å². The number of alkyl halides is 2. The van der Waals surface area contributed by atoms with E-state index in [-0.39, 0.29) is 19.0 Å². The Balaban J connectivity index is 2.52. The summed E-state index contributed by atoms with van der Waals surface area (Å²) in [5.41, 5.74) is 0. The van der Waals surface area contributed by atoms with Crippen molar-refractivity contribution in [3.8, 4) is 0 Å². The Morgan fingerprint density at radius 1 is 1.58 bits per heavy atom. The molecule has 1 N–H and O–H groups in total. The van der Waals surface area contributed by atoms with Crippen molar-refractivity contribution in [3.05, 3.63) is 0 Å². The second-order valence-corrected chi connectivity index (χ2v) is 3.09. The van der Waals surface area contributed by atoms with Crippen LogP contribution < -0.4 is 0 Å². The first-order valence-corrected chi connectivity index (χ1v) is 3.77. The lowest BCUT2D eigenvalue weighted by Gasteiger charge is -2.14. The first kappa shape index (κ1) is 9.38. The van der Waals surface area contributed by atoms with Gasteiger partial charge in [-0.2, -0.15) is 8.78 Å². The number of likely N-dealkylation sites (tertiary alicyclic amines) is 1. The Morgan fingerprint density at radius 2 is 2.17 bits per heavy atom. The minimum Gasteiger partial charge on any atom is -0.391 e. The molecular formula is C7H11F2NO2.